The maximum atomic E-state index is 13.7. The van der Waals surface area contributed by atoms with Gasteiger partial charge in [-0.05, 0) is 69.7 Å². The van der Waals surface area contributed by atoms with Crippen molar-refractivity contribution in [2.45, 2.75) is 119 Å². The summed E-state index contributed by atoms with van der Waals surface area (Å²) >= 11 is 0. The van der Waals surface area contributed by atoms with E-state index < -0.39 is 0 Å². The molecule has 1 unspecified atom stereocenters. The molecule has 200 valence electrons. The van der Waals surface area contributed by atoms with E-state index in [-0.39, 0.29) is 33.4 Å². The van der Waals surface area contributed by atoms with E-state index in [0.29, 0.717) is 23.7 Å². The van der Waals surface area contributed by atoms with E-state index in [2.05, 4.69) is 81.4 Å². The molecular weight excluding hydrogens is 444 g/mol. The number of carbonyl (C=O) groups is 1. The maximum Gasteiger partial charge on any atom is 0.343 e. The first kappa shape index (κ1) is 29.9. The molecule has 2 aromatic rings. The monoisotopic (exact) mass is 494 g/mol. The molecule has 0 aliphatic carbocycles. The number of aromatic hydroxyl groups is 1. The van der Waals surface area contributed by atoms with E-state index in [1.54, 1.807) is 6.07 Å². The molecule has 1 N–H and O–H groups in total. The molecule has 0 heterocycles. The van der Waals surface area contributed by atoms with Gasteiger partial charge in [-0.15, -0.1) is 0 Å². The molecule has 0 bridgehead atoms. The smallest absolute Gasteiger partial charge is 0.343 e. The van der Waals surface area contributed by atoms with Gasteiger partial charge in [-0.3, -0.25) is 0 Å². The molecule has 0 radical (unpaired) electrons. The van der Waals surface area contributed by atoms with Gasteiger partial charge in [-0.2, -0.15) is 0 Å². The summed E-state index contributed by atoms with van der Waals surface area (Å²) in [6, 6.07) is 9.79. The van der Waals surface area contributed by atoms with Crippen LogP contribution in [0.25, 0.3) is 0 Å². The summed E-state index contributed by atoms with van der Waals surface area (Å²) in [5.74, 6) is 0.929. The second-order valence-corrected chi connectivity index (χ2v) is 14.7. The minimum atomic E-state index is -0.368. The average molecular weight is 495 g/mol. The molecule has 3 heteroatoms. The third kappa shape index (κ3) is 7.37. The number of carbonyl (C=O) groups excluding carboxylic acids is 1. The van der Waals surface area contributed by atoms with E-state index in [4.69, 9.17) is 4.74 Å². The Hall–Kier alpha value is -2.29. The van der Waals surface area contributed by atoms with Gasteiger partial charge < -0.3 is 9.84 Å². The molecule has 0 saturated carbocycles. The lowest BCUT2D eigenvalue weighted by Crippen LogP contribution is -2.21. The molecule has 0 aliphatic rings. The summed E-state index contributed by atoms with van der Waals surface area (Å²) in [6.45, 7) is 28.1. The van der Waals surface area contributed by atoms with Crippen molar-refractivity contribution >= 4 is 5.97 Å². The van der Waals surface area contributed by atoms with Crippen LogP contribution in [0.4, 0.5) is 0 Å². The van der Waals surface area contributed by atoms with Crippen LogP contribution >= 0.6 is 0 Å². The Bertz CT molecular complexity index is 1080. The molecule has 0 aromatic heterocycles. The highest BCUT2D eigenvalue weighted by molar-refractivity contribution is 5.93. The van der Waals surface area contributed by atoms with Gasteiger partial charge in [0, 0.05) is 11.1 Å². The predicted molar refractivity (Wildman–Crippen MR) is 153 cm³/mol. The maximum absolute atomic E-state index is 13.7. The topological polar surface area (TPSA) is 46.5 Å². The Labute approximate surface area is 220 Å². The third-order valence-corrected chi connectivity index (χ3v) is 7.43. The Morgan fingerprint density at radius 3 is 1.83 bits per heavy atom. The first-order valence-electron chi connectivity index (χ1n) is 13.4. The minimum Gasteiger partial charge on any atom is -0.508 e. The van der Waals surface area contributed by atoms with Crippen LogP contribution in [0.15, 0.2) is 30.3 Å². The lowest BCUT2D eigenvalue weighted by atomic mass is 9.78. The van der Waals surface area contributed by atoms with Crippen molar-refractivity contribution < 1.29 is 14.6 Å². The summed E-state index contributed by atoms with van der Waals surface area (Å²) in [6.07, 6.45) is 1.63. The second kappa shape index (κ2) is 10.2. The average Bonchev–Trinajstić information content (AvgIpc) is 2.68. The summed E-state index contributed by atoms with van der Waals surface area (Å²) in [5, 5.41) is 10.9. The zero-order chi connectivity index (χ0) is 27.9. The number of hydrogen-bond acceptors (Lipinski definition) is 3. The summed E-state index contributed by atoms with van der Waals surface area (Å²) in [4.78, 5) is 13.7. The fourth-order valence-electron chi connectivity index (χ4n) is 4.26. The number of phenolic OH excluding ortho intramolecular Hbond substituents is 1. The highest BCUT2D eigenvalue weighted by atomic mass is 16.5. The Morgan fingerprint density at radius 2 is 1.36 bits per heavy atom. The largest absolute Gasteiger partial charge is 0.508 e. The number of benzene rings is 2. The van der Waals surface area contributed by atoms with Gasteiger partial charge in [0.25, 0.3) is 0 Å². The second-order valence-electron chi connectivity index (χ2n) is 14.7. The molecular formula is C33H50O3. The van der Waals surface area contributed by atoms with E-state index in [1.807, 2.05) is 32.9 Å². The SMILES string of the molecule is CC(CCc1cc(O)c(C(C)(C)C)cc1C(=O)Oc1ccc(C(C)(C)C)cc1C(C)(C)C)C(C)(C)C. The van der Waals surface area contributed by atoms with Crippen molar-refractivity contribution in [2.24, 2.45) is 11.3 Å². The molecule has 0 amide bonds. The molecule has 2 aromatic carbocycles. The molecule has 3 nitrogen and oxygen atoms in total. The van der Waals surface area contributed by atoms with E-state index in [0.717, 1.165) is 23.1 Å². The number of rotatable bonds is 5. The zero-order valence-corrected chi connectivity index (χ0v) is 25.1. The van der Waals surface area contributed by atoms with Crippen LogP contribution in [-0.2, 0) is 22.7 Å². The Kier molecular flexibility index (Phi) is 8.50. The molecule has 36 heavy (non-hydrogen) atoms. The first-order chi connectivity index (χ1) is 16.1. The molecule has 0 spiro atoms. The normalized spacial score (nSPS) is 14.0. The molecule has 2 rings (SSSR count). The van der Waals surface area contributed by atoms with Crippen LogP contribution in [-0.4, -0.2) is 11.1 Å². The molecule has 0 fully saturated rings. The summed E-state index contributed by atoms with van der Waals surface area (Å²) in [7, 11) is 0. The molecule has 0 saturated heterocycles. The van der Waals surface area contributed by atoms with Crippen molar-refractivity contribution in [1.29, 1.82) is 0 Å². The fourth-order valence-corrected chi connectivity index (χ4v) is 4.26. The minimum absolute atomic E-state index is 0.00196. The van der Waals surface area contributed by atoms with Crippen LogP contribution in [0.3, 0.4) is 0 Å². The summed E-state index contributed by atoms with van der Waals surface area (Å²) < 4.78 is 6.13. The van der Waals surface area contributed by atoms with Crippen molar-refractivity contribution in [2.75, 3.05) is 0 Å². The molecule has 0 aliphatic heterocycles. The van der Waals surface area contributed by atoms with Crippen molar-refractivity contribution in [1.82, 2.24) is 0 Å². The number of hydrogen-bond donors (Lipinski definition) is 1. The van der Waals surface area contributed by atoms with E-state index in [1.165, 1.54) is 5.56 Å². The van der Waals surface area contributed by atoms with Crippen LogP contribution in [0.5, 0.6) is 11.5 Å². The standard InChI is InChI=1S/C33H50O3/c1-21(30(2,3)4)14-15-22-18-27(34)25(32(8,9)10)20-24(22)29(35)36-28-17-16-23(31(5,6)7)19-26(28)33(11,12)13/h16-21,34H,14-15H2,1-13H3. The van der Waals surface area contributed by atoms with Gasteiger partial charge in [0.1, 0.15) is 11.5 Å². The van der Waals surface area contributed by atoms with Gasteiger partial charge in [0.15, 0.2) is 0 Å². The molecule has 1 atom stereocenters. The van der Waals surface area contributed by atoms with Gasteiger partial charge in [-0.25, -0.2) is 4.79 Å². The lowest BCUT2D eigenvalue weighted by Gasteiger charge is -2.28. The fraction of sp³-hybridized carbons (Fsp3) is 0.606. The number of ether oxygens (including phenoxy) is 1. The summed E-state index contributed by atoms with van der Waals surface area (Å²) in [5.41, 5.74) is 4.03. The van der Waals surface area contributed by atoms with E-state index >= 15 is 0 Å². The van der Waals surface area contributed by atoms with Gasteiger partial charge in [0.2, 0.25) is 0 Å². The van der Waals surface area contributed by atoms with Crippen LogP contribution in [0.2, 0.25) is 0 Å². The van der Waals surface area contributed by atoms with E-state index in [9.17, 15) is 9.90 Å². The van der Waals surface area contributed by atoms with Crippen LogP contribution in [0.1, 0.15) is 129 Å². The van der Waals surface area contributed by atoms with Crippen molar-refractivity contribution in [3.63, 3.8) is 0 Å². The van der Waals surface area contributed by atoms with Gasteiger partial charge >= 0.3 is 5.97 Å². The predicted octanol–water partition coefficient (Wildman–Crippen LogP) is 9.12. The van der Waals surface area contributed by atoms with Gasteiger partial charge in [0.05, 0.1) is 5.56 Å². The number of aryl methyl sites for hydroxylation is 1. The zero-order valence-electron chi connectivity index (χ0n) is 25.1. The number of phenols is 1. The highest BCUT2D eigenvalue weighted by Gasteiger charge is 2.28. The third-order valence-electron chi connectivity index (χ3n) is 7.43. The van der Waals surface area contributed by atoms with Gasteiger partial charge in [-0.1, -0.05) is 102 Å². The highest BCUT2D eigenvalue weighted by Crippen LogP contribution is 2.38. The Balaban J connectivity index is 2.56. The first-order valence-corrected chi connectivity index (χ1v) is 13.4. The van der Waals surface area contributed by atoms with Crippen molar-refractivity contribution in [3.8, 4) is 11.5 Å². The van der Waals surface area contributed by atoms with Crippen LogP contribution in [0, 0.1) is 11.3 Å². The lowest BCUT2D eigenvalue weighted by molar-refractivity contribution is 0.0730. The Morgan fingerprint density at radius 1 is 0.806 bits per heavy atom. The number of esters is 1. The van der Waals surface area contributed by atoms with Crippen LogP contribution < -0.4 is 4.74 Å². The quantitative estimate of drug-likeness (QED) is 0.333. The van der Waals surface area contributed by atoms with Crippen molar-refractivity contribution in [3.05, 3.63) is 58.1 Å².